The van der Waals surface area contributed by atoms with Crippen LogP contribution in [0.1, 0.15) is 29.0 Å². The van der Waals surface area contributed by atoms with Crippen LogP contribution in [0.2, 0.25) is 0 Å². The van der Waals surface area contributed by atoms with E-state index in [1.807, 2.05) is 0 Å². The number of alkyl halides is 3. The van der Waals surface area contributed by atoms with E-state index in [4.69, 9.17) is 0 Å². The van der Waals surface area contributed by atoms with Gasteiger partial charge in [0.15, 0.2) is 0 Å². The minimum atomic E-state index is -4.16. The molecule has 1 aromatic heterocycles. The molecular weight excluding hydrogens is 285 g/mol. The van der Waals surface area contributed by atoms with Crippen LogP contribution in [0.15, 0.2) is 6.07 Å². The van der Waals surface area contributed by atoms with Crippen LogP contribution in [0.3, 0.4) is 0 Å². The Kier molecular flexibility index (Phi) is 4.55. The Balaban J connectivity index is 1.83. The molecule has 1 amide bonds. The van der Waals surface area contributed by atoms with Gasteiger partial charge in [0.1, 0.15) is 5.69 Å². The molecule has 1 aliphatic rings. The summed E-state index contributed by atoms with van der Waals surface area (Å²) in [5.74, 6) is -0.229. The zero-order valence-electron chi connectivity index (χ0n) is 12.1. The number of piperidine rings is 1. The molecule has 0 spiro atoms. The van der Waals surface area contributed by atoms with Crippen LogP contribution in [0.4, 0.5) is 13.2 Å². The summed E-state index contributed by atoms with van der Waals surface area (Å²) in [6.45, 7) is 1.60. The van der Waals surface area contributed by atoms with Crippen molar-refractivity contribution in [3.63, 3.8) is 0 Å². The summed E-state index contributed by atoms with van der Waals surface area (Å²) in [7, 11) is 1.69. The Bertz CT molecular complexity index is 504. The van der Waals surface area contributed by atoms with Crippen LogP contribution in [-0.4, -0.2) is 52.4 Å². The van der Waals surface area contributed by atoms with E-state index in [9.17, 15) is 18.0 Å². The number of aromatic nitrogens is 2. The van der Waals surface area contributed by atoms with Crippen LogP contribution < -0.4 is 5.32 Å². The van der Waals surface area contributed by atoms with Gasteiger partial charge < -0.3 is 5.32 Å². The van der Waals surface area contributed by atoms with Gasteiger partial charge in [-0.25, -0.2) is 0 Å². The molecule has 2 rings (SSSR count). The number of carbonyl (C=O) groups is 1. The van der Waals surface area contributed by atoms with Gasteiger partial charge in [0.2, 0.25) is 0 Å². The van der Waals surface area contributed by atoms with Gasteiger partial charge in [-0.05, 0) is 25.8 Å². The van der Waals surface area contributed by atoms with Crippen LogP contribution in [0.25, 0.3) is 0 Å². The molecule has 0 bridgehead atoms. The van der Waals surface area contributed by atoms with Crippen molar-refractivity contribution in [3.05, 3.63) is 17.5 Å². The average molecular weight is 304 g/mol. The van der Waals surface area contributed by atoms with E-state index in [2.05, 4.69) is 10.4 Å². The van der Waals surface area contributed by atoms with Crippen molar-refractivity contribution in [2.24, 2.45) is 7.05 Å². The van der Waals surface area contributed by atoms with E-state index < -0.39 is 12.7 Å². The van der Waals surface area contributed by atoms with Gasteiger partial charge in [-0.3, -0.25) is 14.4 Å². The van der Waals surface area contributed by atoms with E-state index in [1.165, 1.54) is 9.58 Å². The normalized spacial score (nSPS) is 18.0. The summed E-state index contributed by atoms with van der Waals surface area (Å²) in [4.78, 5) is 13.5. The highest BCUT2D eigenvalue weighted by Gasteiger charge is 2.32. The molecule has 8 heteroatoms. The van der Waals surface area contributed by atoms with Crippen molar-refractivity contribution in [3.8, 4) is 0 Å². The molecule has 118 valence electrons. The van der Waals surface area contributed by atoms with Crippen molar-refractivity contribution in [1.82, 2.24) is 20.0 Å². The summed E-state index contributed by atoms with van der Waals surface area (Å²) in [5, 5.41) is 6.97. The van der Waals surface area contributed by atoms with Gasteiger partial charge in [-0.2, -0.15) is 18.3 Å². The molecule has 0 aliphatic carbocycles. The summed E-state index contributed by atoms with van der Waals surface area (Å²) in [6.07, 6.45) is -3.11. The van der Waals surface area contributed by atoms with Gasteiger partial charge >= 0.3 is 6.18 Å². The maximum absolute atomic E-state index is 12.3. The van der Waals surface area contributed by atoms with Crippen molar-refractivity contribution in [2.75, 3.05) is 19.6 Å². The fourth-order valence-electron chi connectivity index (χ4n) is 2.57. The second kappa shape index (κ2) is 6.05. The van der Waals surface area contributed by atoms with E-state index >= 15 is 0 Å². The minimum absolute atomic E-state index is 0.0859. The molecule has 0 unspecified atom stereocenters. The molecule has 1 aliphatic heterocycles. The first kappa shape index (κ1) is 15.8. The number of amides is 1. The third-order valence-electron chi connectivity index (χ3n) is 3.56. The zero-order valence-corrected chi connectivity index (χ0v) is 12.1. The van der Waals surface area contributed by atoms with Crippen molar-refractivity contribution in [1.29, 1.82) is 0 Å². The quantitative estimate of drug-likeness (QED) is 0.920. The fraction of sp³-hybridized carbons (Fsp3) is 0.692. The molecule has 2 heterocycles. The number of nitrogens with zero attached hydrogens (tertiary/aromatic N) is 3. The summed E-state index contributed by atoms with van der Waals surface area (Å²) in [6, 6.07) is 1.60. The molecule has 1 fully saturated rings. The molecule has 1 N–H and O–H groups in total. The zero-order chi connectivity index (χ0) is 15.6. The molecular formula is C13H19F3N4O. The Labute approximate surface area is 121 Å². The first-order valence-electron chi connectivity index (χ1n) is 6.85. The van der Waals surface area contributed by atoms with Crippen LogP contribution in [0.5, 0.6) is 0 Å². The lowest BCUT2D eigenvalue weighted by Crippen LogP contribution is -2.47. The standard InChI is InChI=1S/C13H19F3N4O/c1-9-7-11(19(2)18-9)12(21)17-10-3-5-20(6-4-10)8-13(14,15)16/h7,10H,3-6,8H2,1-2H3,(H,17,21). The number of likely N-dealkylation sites (tertiary alicyclic amines) is 1. The largest absolute Gasteiger partial charge is 0.401 e. The Morgan fingerprint density at radius 3 is 2.52 bits per heavy atom. The van der Waals surface area contributed by atoms with Crippen LogP contribution in [0, 0.1) is 6.92 Å². The number of rotatable bonds is 3. The highest BCUT2D eigenvalue weighted by molar-refractivity contribution is 5.92. The van der Waals surface area contributed by atoms with Crippen LogP contribution >= 0.6 is 0 Å². The number of aryl methyl sites for hydroxylation is 2. The Morgan fingerprint density at radius 2 is 2.05 bits per heavy atom. The lowest BCUT2D eigenvalue weighted by molar-refractivity contribution is -0.148. The predicted octanol–water partition coefficient (Wildman–Crippen LogP) is 1.49. The molecule has 0 atom stereocenters. The van der Waals surface area contributed by atoms with Gasteiger partial charge in [-0.1, -0.05) is 0 Å². The third kappa shape index (κ3) is 4.45. The van der Waals surface area contributed by atoms with E-state index in [1.54, 1.807) is 20.0 Å². The van der Waals surface area contributed by atoms with Gasteiger partial charge in [0.25, 0.3) is 5.91 Å². The first-order chi connectivity index (χ1) is 9.74. The van der Waals surface area contributed by atoms with Crippen molar-refractivity contribution in [2.45, 2.75) is 32.0 Å². The number of hydrogen-bond acceptors (Lipinski definition) is 3. The van der Waals surface area contributed by atoms with Crippen molar-refractivity contribution >= 4 is 5.91 Å². The molecule has 1 aromatic rings. The molecule has 21 heavy (non-hydrogen) atoms. The average Bonchev–Trinajstić information content (AvgIpc) is 2.69. The van der Waals surface area contributed by atoms with Gasteiger partial charge in [-0.15, -0.1) is 0 Å². The molecule has 1 saturated heterocycles. The maximum Gasteiger partial charge on any atom is 0.401 e. The SMILES string of the molecule is Cc1cc(C(=O)NC2CCN(CC(F)(F)F)CC2)n(C)n1. The summed E-state index contributed by atoms with van der Waals surface area (Å²) >= 11 is 0. The van der Waals surface area contributed by atoms with Gasteiger partial charge in [0, 0.05) is 26.2 Å². The lowest BCUT2D eigenvalue weighted by Gasteiger charge is -2.32. The summed E-state index contributed by atoms with van der Waals surface area (Å²) < 4.78 is 38.4. The minimum Gasteiger partial charge on any atom is -0.348 e. The maximum atomic E-state index is 12.3. The first-order valence-corrected chi connectivity index (χ1v) is 6.85. The Hall–Kier alpha value is -1.57. The number of halogens is 3. The highest BCUT2D eigenvalue weighted by Crippen LogP contribution is 2.20. The molecule has 0 radical (unpaired) electrons. The summed E-state index contributed by atoms with van der Waals surface area (Å²) in [5.41, 5.74) is 1.22. The number of hydrogen-bond donors (Lipinski definition) is 1. The van der Waals surface area contributed by atoms with E-state index in [-0.39, 0.29) is 11.9 Å². The number of carbonyl (C=O) groups excluding carboxylic acids is 1. The second-order valence-corrected chi connectivity index (χ2v) is 5.43. The van der Waals surface area contributed by atoms with Crippen molar-refractivity contribution < 1.29 is 18.0 Å². The fourth-order valence-corrected chi connectivity index (χ4v) is 2.57. The molecule has 5 nitrogen and oxygen atoms in total. The second-order valence-electron chi connectivity index (χ2n) is 5.43. The lowest BCUT2D eigenvalue weighted by atomic mass is 10.0. The topological polar surface area (TPSA) is 50.2 Å². The van der Waals surface area contributed by atoms with Crippen LogP contribution in [-0.2, 0) is 7.05 Å². The van der Waals surface area contributed by atoms with E-state index in [0.717, 1.165) is 5.69 Å². The monoisotopic (exact) mass is 304 g/mol. The van der Waals surface area contributed by atoms with Gasteiger partial charge in [0.05, 0.1) is 12.2 Å². The van der Waals surface area contributed by atoms with E-state index in [0.29, 0.717) is 31.6 Å². The molecule has 0 aromatic carbocycles. The predicted molar refractivity (Wildman–Crippen MR) is 70.9 cm³/mol. The highest BCUT2D eigenvalue weighted by atomic mass is 19.4. The Morgan fingerprint density at radius 1 is 1.43 bits per heavy atom. The molecule has 0 saturated carbocycles. The third-order valence-corrected chi connectivity index (χ3v) is 3.56. The number of nitrogens with one attached hydrogen (secondary N) is 1. The smallest absolute Gasteiger partial charge is 0.348 e.